The monoisotopic (exact) mass is 333 g/mol. The number of carbonyl (C=O) groups is 1. The summed E-state index contributed by atoms with van der Waals surface area (Å²) in [6.45, 7) is 6.23. The number of hydrogen-bond acceptors (Lipinski definition) is 3. The molecule has 4 nitrogen and oxygen atoms in total. The van der Waals surface area contributed by atoms with Crippen molar-refractivity contribution >= 4 is 17.0 Å². The Morgan fingerprint density at radius 1 is 1.32 bits per heavy atom. The van der Waals surface area contributed by atoms with Crippen molar-refractivity contribution in [1.82, 2.24) is 4.72 Å². The maximum atomic E-state index is 14.2. The van der Waals surface area contributed by atoms with Gasteiger partial charge in [-0.3, -0.25) is 0 Å². The van der Waals surface area contributed by atoms with Gasteiger partial charge in [-0.25, -0.2) is 13.7 Å². The van der Waals surface area contributed by atoms with E-state index >= 15 is 0 Å². The minimum absolute atomic E-state index is 0.139. The maximum absolute atomic E-state index is 14.2. The van der Waals surface area contributed by atoms with Gasteiger partial charge in [-0.15, -0.1) is 0 Å². The molecule has 2 atom stereocenters. The van der Waals surface area contributed by atoms with Crippen LogP contribution in [0.15, 0.2) is 29.2 Å². The van der Waals surface area contributed by atoms with Gasteiger partial charge in [0.05, 0.1) is 17.5 Å². The summed E-state index contributed by atoms with van der Waals surface area (Å²) >= 11 is 0. The van der Waals surface area contributed by atoms with Gasteiger partial charge in [0.1, 0.15) is 11.0 Å². The molecule has 0 bridgehead atoms. The Balaban J connectivity index is 2.94. The minimum atomic E-state index is -3.76. The fraction of sp³-hybridized carbons (Fsp3) is 0.533. The molecule has 0 saturated carbocycles. The molecule has 0 radical (unpaired) electrons. The van der Waals surface area contributed by atoms with Gasteiger partial charge in [0.2, 0.25) is 0 Å². The van der Waals surface area contributed by atoms with Crippen LogP contribution in [0.2, 0.25) is 0 Å². The number of aryl methyl sites for hydroxylation is 1. The highest BCUT2D eigenvalue weighted by Crippen LogP contribution is 2.27. The summed E-state index contributed by atoms with van der Waals surface area (Å²) in [4.78, 5) is 11.8. The van der Waals surface area contributed by atoms with Crippen molar-refractivity contribution in [2.24, 2.45) is 5.92 Å². The van der Waals surface area contributed by atoms with Crippen molar-refractivity contribution in [3.05, 3.63) is 29.8 Å². The number of esters is 1. The van der Waals surface area contributed by atoms with Crippen molar-refractivity contribution in [2.45, 2.75) is 44.6 Å². The molecule has 0 heterocycles. The van der Waals surface area contributed by atoms with Crippen molar-refractivity contribution in [3.8, 4) is 0 Å². The number of ether oxygens (including phenoxy) is 1. The average molecular weight is 333 g/mol. The smallest absolute Gasteiger partial charge is 0.378 e. The fourth-order valence-electron chi connectivity index (χ4n) is 1.83. The first-order valence-corrected chi connectivity index (χ1v) is 8.14. The number of carbonyl (C=O) groups excluding carboxylic acids is 1. The second-order valence-corrected chi connectivity index (χ2v) is 6.51. The quantitative estimate of drug-likeness (QED) is 0.781. The van der Waals surface area contributed by atoms with Crippen molar-refractivity contribution < 1.29 is 22.5 Å². The Hall–Kier alpha value is -1.34. The van der Waals surface area contributed by atoms with E-state index < -0.39 is 34.8 Å². The molecule has 0 amide bonds. The number of rotatable bonds is 7. The first-order chi connectivity index (χ1) is 10.2. The highest BCUT2D eigenvalue weighted by atomic mass is 32.2. The molecule has 1 aromatic carbocycles. The summed E-state index contributed by atoms with van der Waals surface area (Å²) in [5, 5.41) is 0. The Morgan fingerprint density at radius 3 is 2.32 bits per heavy atom. The van der Waals surface area contributed by atoms with Crippen molar-refractivity contribution in [3.63, 3.8) is 0 Å². The van der Waals surface area contributed by atoms with Crippen LogP contribution in [0, 0.1) is 12.8 Å². The van der Waals surface area contributed by atoms with E-state index in [2.05, 4.69) is 9.46 Å². The van der Waals surface area contributed by atoms with Crippen molar-refractivity contribution in [1.29, 1.82) is 0 Å². The van der Waals surface area contributed by atoms with E-state index in [1.165, 1.54) is 20.8 Å². The van der Waals surface area contributed by atoms with Gasteiger partial charge in [0.25, 0.3) is 0 Å². The Kier molecular flexibility index (Phi) is 6.62. The third-order valence-electron chi connectivity index (χ3n) is 3.07. The molecule has 0 saturated heterocycles. The van der Waals surface area contributed by atoms with E-state index in [1.807, 2.05) is 6.92 Å². The van der Waals surface area contributed by atoms with Gasteiger partial charge in [-0.05, 0) is 31.9 Å². The predicted molar refractivity (Wildman–Crippen MR) is 80.9 cm³/mol. The number of nitrogens with one attached hydrogen (secondary N) is 1. The summed E-state index contributed by atoms with van der Waals surface area (Å²) in [5.74, 6) is -5.99. The van der Waals surface area contributed by atoms with E-state index in [-0.39, 0.29) is 6.61 Å². The summed E-state index contributed by atoms with van der Waals surface area (Å²) < 4.78 is 47.4. The number of alkyl halides is 2. The largest absolute Gasteiger partial charge is 0.462 e. The van der Waals surface area contributed by atoms with Crippen LogP contribution in [0.5, 0.6) is 0 Å². The molecule has 1 N–H and O–H groups in total. The number of hydrogen-bond donors (Lipinski definition) is 1. The highest BCUT2D eigenvalue weighted by molar-refractivity contribution is 7.83. The summed E-state index contributed by atoms with van der Waals surface area (Å²) in [6.07, 6.45) is 0. The molecule has 1 aromatic rings. The molecular weight excluding hydrogens is 312 g/mol. The van der Waals surface area contributed by atoms with Crippen LogP contribution >= 0.6 is 0 Å². The zero-order valence-electron chi connectivity index (χ0n) is 13.1. The lowest BCUT2D eigenvalue weighted by atomic mass is 9.99. The Bertz CT molecular complexity index is 532. The first-order valence-electron chi connectivity index (χ1n) is 6.99. The summed E-state index contributed by atoms with van der Waals surface area (Å²) in [6, 6.07) is 5.08. The minimum Gasteiger partial charge on any atom is -0.462 e. The molecule has 0 aliphatic heterocycles. The molecule has 0 fully saturated rings. The molecule has 0 unspecified atom stereocenters. The lowest BCUT2D eigenvalue weighted by Gasteiger charge is -2.28. The normalized spacial score (nSPS) is 14.7. The first kappa shape index (κ1) is 18.7. The highest BCUT2D eigenvalue weighted by Gasteiger charge is 2.50. The second-order valence-electron chi connectivity index (χ2n) is 5.26. The van der Waals surface area contributed by atoms with Crippen LogP contribution in [0.25, 0.3) is 0 Å². The van der Waals surface area contributed by atoms with Gasteiger partial charge >= 0.3 is 11.9 Å². The zero-order valence-corrected chi connectivity index (χ0v) is 13.9. The SMILES string of the molecule is CCOC(=O)C(F)(F)[C@H](N[S@@](=O)c1ccc(C)cc1)C(C)C. The van der Waals surface area contributed by atoms with E-state index in [4.69, 9.17) is 0 Å². The summed E-state index contributed by atoms with van der Waals surface area (Å²) in [7, 11) is -1.85. The number of benzene rings is 1. The van der Waals surface area contributed by atoms with Crippen LogP contribution in [0.3, 0.4) is 0 Å². The Morgan fingerprint density at radius 2 is 1.86 bits per heavy atom. The molecule has 22 heavy (non-hydrogen) atoms. The topological polar surface area (TPSA) is 55.4 Å². The molecule has 7 heteroatoms. The second kappa shape index (κ2) is 7.78. The van der Waals surface area contributed by atoms with Crippen LogP contribution in [-0.2, 0) is 20.5 Å². The molecule has 0 aliphatic rings. The van der Waals surface area contributed by atoms with E-state index in [9.17, 15) is 17.8 Å². The van der Waals surface area contributed by atoms with Crippen molar-refractivity contribution in [2.75, 3.05) is 6.61 Å². The van der Waals surface area contributed by atoms with Crippen LogP contribution < -0.4 is 4.72 Å². The van der Waals surface area contributed by atoms with E-state index in [0.29, 0.717) is 4.90 Å². The fourth-order valence-corrected chi connectivity index (χ4v) is 3.00. The van der Waals surface area contributed by atoms with Gasteiger partial charge in [-0.2, -0.15) is 8.78 Å². The standard InChI is InChI=1S/C15H21F2NO3S/c1-5-21-14(19)15(16,17)13(10(2)3)18-22(20)12-8-6-11(4)7-9-12/h6-10,13,18H,5H2,1-4H3/t13-,22+/m1/s1. The maximum Gasteiger partial charge on any atom is 0.378 e. The van der Waals surface area contributed by atoms with Gasteiger partial charge in [-0.1, -0.05) is 31.5 Å². The molecule has 0 aliphatic carbocycles. The molecular formula is C15H21F2NO3S. The van der Waals surface area contributed by atoms with Crippen LogP contribution in [0.4, 0.5) is 8.78 Å². The van der Waals surface area contributed by atoms with E-state index in [1.54, 1.807) is 24.3 Å². The predicted octanol–water partition coefficient (Wildman–Crippen LogP) is 2.83. The van der Waals surface area contributed by atoms with Gasteiger partial charge < -0.3 is 4.74 Å². The molecule has 124 valence electrons. The van der Waals surface area contributed by atoms with Crippen LogP contribution in [-0.4, -0.2) is 28.7 Å². The number of halogens is 2. The summed E-state index contributed by atoms with van der Waals surface area (Å²) in [5.41, 5.74) is 0.970. The van der Waals surface area contributed by atoms with Gasteiger partial charge in [0, 0.05) is 0 Å². The van der Waals surface area contributed by atoms with Crippen LogP contribution in [0.1, 0.15) is 26.3 Å². The lowest BCUT2D eigenvalue weighted by Crippen LogP contribution is -2.54. The third kappa shape index (κ3) is 4.58. The van der Waals surface area contributed by atoms with E-state index in [0.717, 1.165) is 5.56 Å². The zero-order chi connectivity index (χ0) is 16.9. The molecule has 0 aromatic heterocycles. The Labute approximate surface area is 131 Å². The lowest BCUT2D eigenvalue weighted by molar-refractivity contribution is -0.176. The molecule has 0 spiro atoms. The molecule has 1 rings (SSSR count). The average Bonchev–Trinajstić information content (AvgIpc) is 2.44. The third-order valence-corrected chi connectivity index (χ3v) is 4.24. The van der Waals surface area contributed by atoms with Gasteiger partial charge in [0.15, 0.2) is 0 Å².